The van der Waals surface area contributed by atoms with Crippen LogP contribution in [0.4, 0.5) is 0 Å². The Bertz CT molecular complexity index is 1640. The molecule has 1 fully saturated rings. The van der Waals surface area contributed by atoms with E-state index in [9.17, 15) is 30.3 Å². The fourth-order valence-electron chi connectivity index (χ4n) is 12.2. The van der Waals surface area contributed by atoms with Crippen molar-refractivity contribution in [1.29, 1.82) is 0 Å². The van der Waals surface area contributed by atoms with Gasteiger partial charge in [-0.1, -0.05) is 356 Å². The first-order valence-electron chi connectivity index (χ1n) is 38.7. The highest BCUT2D eigenvalue weighted by molar-refractivity contribution is 5.76. The fraction of sp³-hybridized carbons (Fsp3) is 0.838. The minimum absolute atomic E-state index is 0.185. The molecule has 0 aromatic carbocycles. The summed E-state index contributed by atoms with van der Waals surface area (Å²) in [7, 11) is 0. The van der Waals surface area contributed by atoms with Crippen LogP contribution in [0.1, 0.15) is 373 Å². The molecular weight excluding hydrogens is 1100 g/mol. The van der Waals surface area contributed by atoms with Gasteiger partial charge in [0.25, 0.3) is 0 Å². The van der Waals surface area contributed by atoms with E-state index in [1.54, 1.807) is 6.08 Å². The molecule has 1 rings (SSSR count). The summed E-state index contributed by atoms with van der Waals surface area (Å²) in [5, 5.41) is 54.8. The normalized spacial score (nSPS) is 18.2. The van der Waals surface area contributed by atoms with E-state index in [1.165, 1.54) is 295 Å². The Kier molecular flexibility index (Phi) is 65.1. The van der Waals surface area contributed by atoms with Crippen molar-refractivity contribution < 1.29 is 39.8 Å². The Labute approximate surface area is 550 Å². The molecule has 0 bridgehead atoms. The van der Waals surface area contributed by atoms with Gasteiger partial charge in [-0.05, 0) is 83.5 Å². The van der Waals surface area contributed by atoms with E-state index in [4.69, 9.17) is 9.47 Å². The van der Waals surface area contributed by atoms with Crippen LogP contribution in [-0.2, 0) is 14.3 Å². The van der Waals surface area contributed by atoms with Gasteiger partial charge in [-0.2, -0.15) is 0 Å². The van der Waals surface area contributed by atoms with Gasteiger partial charge in [0.05, 0.1) is 25.4 Å². The van der Waals surface area contributed by atoms with Crippen molar-refractivity contribution in [2.24, 2.45) is 0 Å². The first kappa shape index (κ1) is 84.6. The number of allylic oxidation sites excluding steroid dienone is 11. The lowest BCUT2D eigenvalue weighted by atomic mass is 9.99. The van der Waals surface area contributed by atoms with E-state index in [1.807, 2.05) is 6.08 Å². The van der Waals surface area contributed by atoms with E-state index in [0.717, 1.165) is 57.8 Å². The molecular formula is C80H147NO8. The second kappa shape index (κ2) is 68.5. The molecule has 520 valence electrons. The van der Waals surface area contributed by atoms with Crippen molar-refractivity contribution in [2.75, 3.05) is 13.2 Å². The van der Waals surface area contributed by atoms with Gasteiger partial charge >= 0.3 is 0 Å². The molecule has 1 saturated heterocycles. The standard InChI is InChI=1S/C80H147NO8/c1-3-5-7-9-11-13-15-17-19-21-23-25-27-29-31-32-33-34-35-36-37-38-39-40-41-42-44-46-48-50-52-54-56-58-60-62-64-66-68-70-76(84)81-73(72-88-80-79(87)78(86)77(85)75(71-82)89-80)74(83)69-67-65-63-61-59-57-55-53-51-49-47-45-43-30-28-26-24-22-20-18-16-14-12-10-8-6-4-2/h15,17,21,23,27,29,51,53,59,61,67,69,73-75,77-80,82-83,85-87H,3-14,16,18-20,22,24-26,28,30-50,52,54-58,60,62-66,68,70-72H2,1-2H3,(H,81,84)/b17-15-,23-21-,29-27-,53-51+,61-59+,69-67+. The largest absolute Gasteiger partial charge is 0.394 e. The van der Waals surface area contributed by atoms with Gasteiger partial charge in [0, 0.05) is 6.42 Å². The maximum atomic E-state index is 13.2. The van der Waals surface area contributed by atoms with E-state index < -0.39 is 49.5 Å². The lowest BCUT2D eigenvalue weighted by Gasteiger charge is -2.40. The smallest absolute Gasteiger partial charge is 0.220 e. The number of ether oxygens (including phenoxy) is 2. The predicted molar refractivity (Wildman–Crippen MR) is 382 cm³/mol. The third kappa shape index (κ3) is 56.9. The molecule has 0 saturated carbocycles. The molecule has 0 spiro atoms. The Morgan fingerprint density at radius 2 is 0.674 bits per heavy atom. The maximum Gasteiger partial charge on any atom is 0.220 e. The summed E-state index contributed by atoms with van der Waals surface area (Å²) in [6.45, 7) is 3.79. The van der Waals surface area contributed by atoms with E-state index >= 15 is 0 Å². The number of amides is 1. The number of carbonyl (C=O) groups excluding carboxylic acids is 1. The number of hydrogen-bond donors (Lipinski definition) is 6. The van der Waals surface area contributed by atoms with Crippen LogP contribution in [0.25, 0.3) is 0 Å². The zero-order valence-corrected chi connectivity index (χ0v) is 58.4. The minimum atomic E-state index is -1.58. The number of rotatable bonds is 68. The number of nitrogens with one attached hydrogen (secondary N) is 1. The van der Waals surface area contributed by atoms with Gasteiger partial charge in [-0.3, -0.25) is 4.79 Å². The summed E-state index contributed by atoms with van der Waals surface area (Å²) in [5.74, 6) is -0.185. The first-order chi connectivity index (χ1) is 43.8. The van der Waals surface area contributed by atoms with Crippen LogP contribution in [0.2, 0.25) is 0 Å². The molecule has 9 nitrogen and oxygen atoms in total. The molecule has 0 aromatic heterocycles. The highest BCUT2D eigenvalue weighted by atomic mass is 16.7. The summed E-state index contributed by atoms with van der Waals surface area (Å²) >= 11 is 0. The second-order valence-electron chi connectivity index (χ2n) is 26.8. The van der Waals surface area contributed by atoms with Gasteiger partial charge in [-0.25, -0.2) is 0 Å². The second-order valence-corrected chi connectivity index (χ2v) is 26.8. The van der Waals surface area contributed by atoms with Crippen molar-refractivity contribution in [1.82, 2.24) is 5.32 Å². The number of aliphatic hydroxyl groups is 5. The average Bonchev–Trinajstić information content (AvgIpc) is 2.42. The Balaban J connectivity index is 2.09. The highest BCUT2D eigenvalue weighted by Crippen LogP contribution is 2.24. The Morgan fingerprint density at radius 3 is 1.02 bits per heavy atom. The molecule has 1 heterocycles. The molecule has 89 heavy (non-hydrogen) atoms. The van der Waals surface area contributed by atoms with Crippen LogP contribution >= 0.6 is 0 Å². The number of hydrogen-bond acceptors (Lipinski definition) is 8. The molecule has 1 aliphatic rings. The SMILES string of the molecule is CCCCCCC/C=C\C/C=C\C/C=C\CCCCCCCCCCCCCCCCCCCCCCCCCCC(=O)NC(COC1OC(CO)C(O)C(O)C1O)C(O)/C=C/CC/C=C/CC/C=C/CCCCCCCCCCCCCCCCCCC. The van der Waals surface area contributed by atoms with Gasteiger partial charge in [0.2, 0.25) is 5.91 Å². The highest BCUT2D eigenvalue weighted by Gasteiger charge is 2.44. The summed E-state index contributed by atoms with van der Waals surface area (Å²) in [5.41, 5.74) is 0. The van der Waals surface area contributed by atoms with Crippen LogP contribution in [-0.4, -0.2) is 87.5 Å². The van der Waals surface area contributed by atoms with Crippen molar-refractivity contribution in [3.8, 4) is 0 Å². The van der Waals surface area contributed by atoms with Gasteiger partial charge < -0.3 is 40.3 Å². The summed E-state index contributed by atoms with van der Waals surface area (Å²) in [4.78, 5) is 13.2. The average molecular weight is 1250 g/mol. The number of aliphatic hydroxyl groups excluding tert-OH is 5. The fourth-order valence-corrected chi connectivity index (χ4v) is 12.2. The topological polar surface area (TPSA) is 149 Å². The van der Waals surface area contributed by atoms with Crippen LogP contribution in [0.15, 0.2) is 72.9 Å². The van der Waals surface area contributed by atoms with Crippen LogP contribution < -0.4 is 5.32 Å². The van der Waals surface area contributed by atoms with Crippen molar-refractivity contribution in [3.05, 3.63) is 72.9 Å². The molecule has 1 aliphatic heterocycles. The monoisotopic (exact) mass is 1250 g/mol. The third-order valence-corrected chi connectivity index (χ3v) is 18.2. The van der Waals surface area contributed by atoms with Crippen LogP contribution in [0.3, 0.4) is 0 Å². The quantitative estimate of drug-likeness (QED) is 0.0261. The molecule has 0 radical (unpaired) electrons. The van der Waals surface area contributed by atoms with Gasteiger partial charge in [-0.15, -0.1) is 0 Å². The molecule has 9 heteroatoms. The lowest BCUT2D eigenvalue weighted by molar-refractivity contribution is -0.302. The number of unbranched alkanes of at least 4 members (excludes halogenated alkanes) is 48. The van der Waals surface area contributed by atoms with E-state index in [2.05, 4.69) is 79.9 Å². The Hall–Kier alpha value is -2.37. The maximum absolute atomic E-state index is 13.2. The Morgan fingerprint density at radius 1 is 0.382 bits per heavy atom. The lowest BCUT2D eigenvalue weighted by Crippen LogP contribution is -2.60. The predicted octanol–water partition coefficient (Wildman–Crippen LogP) is 21.9. The minimum Gasteiger partial charge on any atom is -0.394 e. The molecule has 7 unspecified atom stereocenters. The van der Waals surface area contributed by atoms with E-state index in [-0.39, 0.29) is 12.5 Å². The summed E-state index contributed by atoms with van der Waals surface area (Å²) in [6.07, 6.45) is 90.4. The molecule has 0 aromatic rings. The van der Waals surface area contributed by atoms with E-state index in [0.29, 0.717) is 6.42 Å². The molecule has 1 amide bonds. The molecule has 6 N–H and O–H groups in total. The molecule has 7 atom stereocenters. The third-order valence-electron chi connectivity index (χ3n) is 18.2. The van der Waals surface area contributed by atoms with Crippen molar-refractivity contribution in [3.63, 3.8) is 0 Å². The van der Waals surface area contributed by atoms with Gasteiger partial charge in [0.1, 0.15) is 24.4 Å². The first-order valence-corrected chi connectivity index (χ1v) is 38.7. The van der Waals surface area contributed by atoms with Crippen LogP contribution in [0.5, 0.6) is 0 Å². The number of carbonyl (C=O) groups is 1. The summed E-state index contributed by atoms with van der Waals surface area (Å²) in [6, 6.07) is -0.831. The molecule has 0 aliphatic carbocycles. The van der Waals surface area contributed by atoms with Crippen LogP contribution in [0, 0.1) is 0 Å². The zero-order chi connectivity index (χ0) is 64.2. The van der Waals surface area contributed by atoms with Gasteiger partial charge in [0.15, 0.2) is 6.29 Å². The summed E-state index contributed by atoms with van der Waals surface area (Å²) < 4.78 is 11.3. The van der Waals surface area contributed by atoms with Crippen molar-refractivity contribution in [2.45, 2.75) is 416 Å². The van der Waals surface area contributed by atoms with Crippen molar-refractivity contribution >= 4 is 5.91 Å². The zero-order valence-electron chi connectivity index (χ0n) is 58.4.